The lowest BCUT2D eigenvalue weighted by Crippen LogP contribution is -2.19. The Hall–Kier alpha value is -1.66. The van der Waals surface area contributed by atoms with Gasteiger partial charge in [0.25, 0.3) is 5.69 Å². The van der Waals surface area contributed by atoms with Crippen molar-refractivity contribution in [1.29, 1.82) is 0 Å². The van der Waals surface area contributed by atoms with Crippen LogP contribution in [0.25, 0.3) is 0 Å². The minimum absolute atomic E-state index is 0.00563. The van der Waals surface area contributed by atoms with Crippen LogP contribution in [-0.2, 0) is 11.3 Å². The fraction of sp³-hybridized carbons (Fsp3) is 0.600. The van der Waals surface area contributed by atoms with Crippen LogP contribution in [-0.4, -0.2) is 30.8 Å². The SMILES string of the molecule is COCCC(C)Oc1ccc([N+](=O)[O-])cc1CNC1CC1. The average molecular weight is 294 g/mol. The van der Waals surface area contributed by atoms with Crippen molar-refractivity contribution in [3.63, 3.8) is 0 Å². The zero-order chi connectivity index (χ0) is 15.2. The third kappa shape index (κ3) is 4.99. The van der Waals surface area contributed by atoms with Gasteiger partial charge in [0.15, 0.2) is 0 Å². The lowest BCUT2D eigenvalue weighted by molar-refractivity contribution is -0.384. The number of nitro benzene ring substituents is 1. The summed E-state index contributed by atoms with van der Waals surface area (Å²) in [6.45, 7) is 3.20. The normalized spacial score (nSPS) is 15.7. The lowest BCUT2D eigenvalue weighted by atomic mass is 10.1. The van der Waals surface area contributed by atoms with Gasteiger partial charge in [-0.05, 0) is 25.8 Å². The van der Waals surface area contributed by atoms with E-state index in [0.29, 0.717) is 24.9 Å². The number of nitro groups is 1. The molecule has 0 heterocycles. The van der Waals surface area contributed by atoms with Gasteiger partial charge >= 0.3 is 0 Å². The number of hydrogen-bond acceptors (Lipinski definition) is 5. The molecule has 2 rings (SSSR count). The van der Waals surface area contributed by atoms with Crippen LogP contribution in [0.3, 0.4) is 0 Å². The van der Waals surface area contributed by atoms with E-state index < -0.39 is 0 Å². The molecule has 1 aromatic carbocycles. The number of non-ortho nitro benzene ring substituents is 1. The zero-order valence-corrected chi connectivity index (χ0v) is 12.5. The van der Waals surface area contributed by atoms with Crippen LogP contribution >= 0.6 is 0 Å². The third-order valence-electron chi connectivity index (χ3n) is 3.47. The number of hydrogen-bond donors (Lipinski definition) is 1. The molecule has 0 aromatic heterocycles. The summed E-state index contributed by atoms with van der Waals surface area (Å²) >= 11 is 0. The molecule has 1 N–H and O–H groups in total. The summed E-state index contributed by atoms with van der Waals surface area (Å²) in [4.78, 5) is 10.5. The lowest BCUT2D eigenvalue weighted by Gasteiger charge is -2.17. The number of nitrogens with one attached hydrogen (secondary N) is 1. The van der Waals surface area contributed by atoms with E-state index in [9.17, 15) is 10.1 Å². The quantitative estimate of drug-likeness (QED) is 0.560. The third-order valence-corrected chi connectivity index (χ3v) is 3.47. The van der Waals surface area contributed by atoms with Crippen molar-refractivity contribution in [2.24, 2.45) is 0 Å². The van der Waals surface area contributed by atoms with Gasteiger partial charge in [-0.1, -0.05) is 0 Å². The predicted molar refractivity (Wildman–Crippen MR) is 79.5 cm³/mol. The summed E-state index contributed by atoms with van der Waals surface area (Å²) in [5, 5.41) is 14.3. The molecular weight excluding hydrogens is 272 g/mol. The molecule has 1 unspecified atom stereocenters. The van der Waals surface area contributed by atoms with Crippen molar-refractivity contribution in [2.45, 2.75) is 44.9 Å². The Balaban J connectivity index is 2.07. The van der Waals surface area contributed by atoms with Crippen LogP contribution < -0.4 is 10.1 Å². The van der Waals surface area contributed by atoms with Crippen LogP contribution in [0.4, 0.5) is 5.69 Å². The molecule has 116 valence electrons. The maximum Gasteiger partial charge on any atom is 0.270 e. The highest BCUT2D eigenvalue weighted by Gasteiger charge is 2.21. The summed E-state index contributed by atoms with van der Waals surface area (Å²) in [6, 6.07) is 5.31. The Labute approximate surface area is 124 Å². The fourth-order valence-corrected chi connectivity index (χ4v) is 2.03. The van der Waals surface area contributed by atoms with Gasteiger partial charge in [-0.25, -0.2) is 0 Å². The molecule has 0 spiro atoms. The molecule has 21 heavy (non-hydrogen) atoms. The topological polar surface area (TPSA) is 73.6 Å². The van der Waals surface area contributed by atoms with Crippen molar-refractivity contribution >= 4 is 5.69 Å². The van der Waals surface area contributed by atoms with Gasteiger partial charge in [0, 0.05) is 50.4 Å². The first-order valence-electron chi connectivity index (χ1n) is 7.26. The Kier molecular flexibility index (Phi) is 5.52. The van der Waals surface area contributed by atoms with Gasteiger partial charge in [-0.15, -0.1) is 0 Å². The maximum absolute atomic E-state index is 10.9. The first-order valence-corrected chi connectivity index (χ1v) is 7.26. The largest absolute Gasteiger partial charge is 0.490 e. The number of ether oxygens (including phenoxy) is 2. The first kappa shape index (κ1) is 15.7. The molecule has 0 bridgehead atoms. The fourth-order valence-electron chi connectivity index (χ4n) is 2.03. The van der Waals surface area contributed by atoms with Gasteiger partial charge in [-0.3, -0.25) is 10.1 Å². The monoisotopic (exact) mass is 294 g/mol. The maximum atomic E-state index is 10.9. The van der Waals surface area contributed by atoms with Crippen molar-refractivity contribution in [2.75, 3.05) is 13.7 Å². The minimum atomic E-state index is -0.376. The highest BCUT2D eigenvalue weighted by Crippen LogP contribution is 2.27. The van der Waals surface area contributed by atoms with Gasteiger partial charge in [0.05, 0.1) is 11.0 Å². The van der Waals surface area contributed by atoms with Crippen LogP contribution in [0.2, 0.25) is 0 Å². The van der Waals surface area contributed by atoms with Gasteiger partial charge in [0.2, 0.25) is 0 Å². The van der Waals surface area contributed by atoms with Crippen molar-refractivity contribution in [3.8, 4) is 5.75 Å². The number of methoxy groups -OCH3 is 1. The van der Waals surface area contributed by atoms with E-state index >= 15 is 0 Å². The molecule has 1 saturated carbocycles. The van der Waals surface area contributed by atoms with E-state index in [1.54, 1.807) is 19.2 Å². The molecule has 1 atom stereocenters. The molecule has 1 fully saturated rings. The number of benzene rings is 1. The summed E-state index contributed by atoms with van der Waals surface area (Å²) in [7, 11) is 1.66. The average Bonchev–Trinajstić information content (AvgIpc) is 3.28. The summed E-state index contributed by atoms with van der Waals surface area (Å²) < 4.78 is 10.9. The molecule has 1 aromatic rings. The van der Waals surface area contributed by atoms with Crippen LogP contribution in [0.15, 0.2) is 18.2 Å². The highest BCUT2D eigenvalue weighted by molar-refractivity contribution is 5.44. The second-order valence-electron chi connectivity index (χ2n) is 5.41. The van der Waals surface area contributed by atoms with E-state index in [4.69, 9.17) is 9.47 Å². The highest BCUT2D eigenvalue weighted by atomic mass is 16.6. The molecule has 1 aliphatic rings. The van der Waals surface area contributed by atoms with Gasteiger partial charge < -0.3 is 14.8 Å². The Bertz CT molecular complexity index is 489. The van der Waals surface area contributed by atoms with Crippen molar-refractivity contribution < 1.29 is 14.4 Å². The standard InChI is InChI=1S/C15H22N2O4/c1-11(7-8-20-2)21-15-6-5-14(17(18)19)9-12(15)10-16-13-3-4-13/h5-6,9,11,13,16H,3-4,7-8,10H2,1-2H3. The van der Waals surface area contributed by atoms with Crippen LogP contribution in [0.1, 0.15) is 31.7 Å². The van der Waals surface area contributed by atoms with Crippen molar-refractivity contribution in [1.82, 2.24) is 5.32 Å². The summed E-state index contributed by atoms with van der Waals surface area (Å²) in [5.74, 6) is 0.706. The van der Waals surface area contributed by atoms with Crippen LogP contribution in [0.5, 0.6) is 5.75 Å². The molecule has 0 saturated heterocycles. The van der Waals surface area contributed by atoms with E-state index in [1.165, 1.54) is 18.9 Å². The molecule has 6 heteroatoms. The molecule has 0 aliphatic heterocycles. The summed E-state index contributed by atoms with van der Waals surface area (Å²) in [5.41, 5.74) is 0.930. The Morgan fingerprint density at radius 1 is 1.48 bits per heavy atom. The molecule has 0 radical (unpaired) electrons. The van der Waals surface area contributed by atoms with E-state index in [1.807, 2.05) is 6.92 Å². The second-order valence-corrected chi connectivity index (χ2v) is 5.41. The first-order chi connectivity index (χ1) is 10.1. The molecule has 6 nitrogen and oxygen atoms in total. The Morgan fingerprint density at radius 3 is 2.86 bits per heavy atom. The molecule has 1 aliphatic carbocycles. The molecular formula is C15H22N2O4. The predicted octanol–water partition coefficient (Wildman–Crippen LogP) is 2.65. The van der Waals surface area contributed by atoms with Gasteiger partial charge in [0.1, 0.15) is 5.75 Å². The van der Waals surface area contributed by atoms with E-state index in [2.05, 4.69) is 5.32 Å². The summed E-state index contributed by atoms with van der Waals surface area (Å²) in [6.07, 6.45) is 3.14. The Morgan fingerprint density at radius 2 is 2.24 bits per heavy atom. The minimum Gasteiger partial charge on any atom is -0.490 e. The number of rotatable bonds is 9. The van der Waals surface area contributed by atoms with Crippen LogP contribution in [0, 0.1) is 10.1 Å². The second kappa shape index (κ2) is 7.38. The molecule has 0 amide bonds. The van der Waals surface area contributed by atoms with E-state index in [0.717, 1.165) is 12.0 Å². The van der Waals surface area contributed by atoms with Crippen molar-refractivity contribution in [3.05, 3.63) is 33.9 Å². The van der Waals surface area contributed by atoms with E-state index in [-0.39, 0.29) is 16.7 Å². The van der Waals surface area contributed by atoms with Gasteiger partial charge in [-0.2, -0.15) is 0 Å². The smallest absolute Gasteiger partial charge is 0.270 e. The zero-order valence-electron chi connectivity index (χ0n) is 12.5. The number of nitrogens with zero attached hydrogens (tertiary/aromatic N) is 1.